The number of aryl methyl sites for hydroxylation is 2. The molecule has 7 nitrogen and oxygen atoms in total. The molecule has 3 aromatic rings. The van der Waals surface area contributed by atoms with Gasteiger partial charge in [-0.05, 0) is 69.2 Å². The lowest BCUT2D eigenvalue weighted by Crippen LogP contribution is -2.48. The fourth-order valence-corrected chi connectivity index (χ4v) is 4.67. The number of anilines is 1. The third-order valence-electron chi connectivity index (χ3n) is 6.82. The van der Waals surface area contributed by atoms with Crippen molar-refractivity contribution in [2.45, 2.75) is 27.7 Å². The Morgan fingerprint density at radius 3 is 2.38 bits per heavy atom. The van der Waals surface area contributed by atoms with Crippen LogP contribution in [0.25, 0.3) is 5.69 Å². The number of carbonyl (C=O) groups is 1. The zero-order valence-electron chi connectivity index (χ0n) is 20.9. The van der Waals surface area contributed by atoms with Crippen molar-refractivity contribution in [3.8, 4) is 11.4 Å². The molecule has 180 valence electrons. The Hall–Kier alpha value is -3.32. The lowest BCUT2D eigenvalue weighted by atomic mass is 10.1. The molecule has 1 aliphatic heterocycles. The molecule has 1 saturated heterocycles. The molecule has 0 spiro atoms. The molecule has 0 aliphatic carbocycles. The number of ether oxygens (including phenoxy) is 1. The second-order valence-electron chi connectivity index (χ2n) is 8.93. The van der Waals surface area contributed by atoms with Crippen molar-refractivity contribution in [3.05, 3.63) is 70.8 Å². The van der Waals surface area contributed by atoms with E-state index in [4.69, 9.17) is 4.74 Å². The van der Waals surface area contributed by atoms with Crippen LogP contribution in [0.4, 0.5) is 5.69 Å². The predicted octanol–water partition coefficient (Wildman–Crippen LogP) is 3.67. The minimum absolute atomic E-state index is 0.123. The summed E-state index contributed by atoms with van der Waals surface area (Å²) in [6, 6.07) is 14.3. The summed E-state index contributed by atoms with van der Waals surface area (Å²) in [6.07, 6.45) is 0. The number of aromatic nitrogens is 2. The van der Waals surface area contributed by atoms with Gasteiger partial charge in [0.2, 0.25) is 0 Å². The van der Waals surface area contributed by atoms with Crippen molar-refractivity contribution in [2.24, 2.45) is 0 Å². The maximum absolute atomic E-state index is 12.9. The molecule has 1 N–H and O–H groups in total. The van der Waals surface area contributed by atoms with Gasteiger partial charge in [-0.1, -0.05) is 12.1 Å². The van der Waals surface area contributed by atoms with E-state index in [-0.39, 0.29) is 5.91 Å². The van der Waals surface area contributed by atoms with Gasteiger partial charge in [-0.3, -0.25) is 9.69 Å². The minimum Gasteiger partial charge on any atom is -0.497 e. The van der Waals surface area contributed by atoms with Gasteiger partial charge in [-0.2, -0.15) is 0 Å². The van der Waals surface area contributed by atoms with Crippen molar-refractivity contribution < 1.29 is 9.53 Å². The molecule has 7 heteroatoms. The van der Waals surface area contributed by atoms with Crippen LogP contribution in [0.2, 0.25) is 0 Å². The fourth-order valence-electron chi connectivity index (χ4n) is 4.67. The third-order valence-corrected chi connectivity index (χ3v) is 6.82. The van der Waals surface area contributed by atoms with Gasteiger partial charge >= 0.3 is 0 Å². The van der Waals surface area contributed by atoms with Gasteiger partial charge in [0, 0.05) is 50.6 Å². The highest BCUT2D eigenvalue weighted by Gasteiger charge is 2.21. The van der Waals surface area contributed by atoms with Crippen molar-refractivity contribution >= 4 is 11.6 Å². The first-order valence-electron chi connectivity index (χ1n) is 11.9. The van der Waals surface area contributed by atoms with Gasteiger partial charge < -0.3 is 19.5 Å². The summed E-state index contributed by atoms with van der Waals surface area (Å²) in [5.74, 6) is 1.46. The van der Waals surface area contributed by atoms with Crippen LogP contribution < -0.4 is 15.0 Å². The van der Waals surface area contributed by atoms with Crippen LogP contribution in [-0.4, -0.2) is 66.7 Å². The highest BCUT2D eigenvalue weighted by atomic mass is 16.5. The number of imidazole rings is 1. The monoisotopic (exact) mass is 461 g/mol. The second-order valence-corrected chi connectivity index (χ2v) is 8.93. The van der Waals surface area contributed by atoms with Gasteiger partial charge in [-0.15, -0.1) is 0 Å². The molecule has 1 amide bonds. The Kier molecular flexibility index (Phi) is 7.22. The lowest BCUT2D eigenvalue weighted by molar-refractivity contribution is 0.0942. The SMILES string of the molecule is COc1ccc(-n2c(C)nc(C(=O)NCCN3CCN(c4cccc(C)c4C)CC3)c2C)cc1. The van der Waals surface area contributed by atoms with E-state index in [9.17, 15) is 4.79 Å². The highest BCUT2D eigenvalue weighted by molar-refractivity contribution is 5.93. The Bertz CT molecular complexity index is 1140. The Morgan fingerprint density at radius 1 is 1.00 bits per heavy atom. The van der Waals surface area contributed by atoms with Crippen molar-refractivity contribution in [2.75, 3.05) is 51.3 Å². The molecule has 1 aromatic heterocycles. The maximum Gasteiger partial charge on any atom is 0.271 e. The van der Waals surface area contributed by atoms with Gasteiger partial charge in [0.05, 0.1) is 12.8 Å². The number of nitrogens with zero attached hydrogens (tertiary/aromatic N) is 4. The van der Waals surface area contributed by atoms with Crippen LogP contribution in [0, 0.1) is 27.7 Å². The number of hydrogen-bond donors (Lipinski definition) is 1. The van der Waals surface area contributed by atoms with E-state index in [1.807, 2.05) is 42.7 Å². The molecule has 2 heterocycles. The predicted molar refractivity (Wildman–Crippen MR) is 136 cm³/mol. The molecule has 1 aliphatic rings. The molecular weight excluding hydrogens is 426 g/mol. The van der Waals surface area contributed by atoms with Crippen molar-refractivity contribution in [1.29, 1.82) is 0 Å². The topological polar surface area (TPSA) is 62.6 Å². The number of methoxy groups -OCH3 is 1. The Labute approximate surface area is 202 Å². The number of nitrogens with one attached hydrogen (secondary N) is 1. The van der Waals surface area contributed by atoms with Crippen LogP contribution in [0.3, 0.4) is 0 Å². The molecular formula is C27H35N5O2. The Balaban J connectivity index is 1.30. The number of benzene rings is 2. The average molecular weight is 462 g/mol. The first-order chi connectivity index (χ1) is 16.4. The van der Waals surface area contributed by atoms with E-state index >= 15 is 0 Å². The summed E-state index contributed by atoms with van der Waals surface area (Å²) in [5, 5.41) is 3.07. The second kappa shape index (κ2) is 10.3. The highest BCUT2D eigenvalue weighted by Crippen LogP contribution is 2.24. The molecule has 0 unspecified atom stereocenters. The van der Waals surface area contributed by atoms with Crippen LogP contribution in [0.15, 0.2) is 42.5 Å². The van der Waals surface area contributed by atoms with Gasteiger partial charge in [0.25, 0.3) is 5.91 Å². The van der Waals surface area contributed by atoms with Gasteiger partial charge in [-0.25, -0.2) is 4.98 Å². The Morgan fingerprint density at radius 2 is 1.71 bits per heavy atom. The third kappa shape index (κ3) is 4.94. The van der Waals surface area contributed by atoms with Crippen LogP contribution in [0.1, 0.15) is 33.1 Å². The van der Waals surface area contributed by atoms with E-state index in [1.54, 1.807) is 7.11 Å². The summed E-state index contributed by atoms with van der Waals surface area (Å²) < 4.78 is 7.25. The molecule has 34 heavy (non-hydrogen) atoms. The number of hydrogen-bond acceptors (Lipinski definition) is 5. The van der Waals surface area contributed by atoms with Gasteiger partial charge in [0.15, 0.2) is 0 Å². The van der Waals surface area contributed by atoms with Crippen molar-refractivity contribution in [1.82, 2.24) is 19.8 Å². The molecule has 0 radical (unpaired) electrons. The average Bonchev–Trinajstić information content (AvgIpc) is 3.15. The zero-order chi connectivity index (χ0) is 24.2. The minimum atomic E-state index is -0.123. The standard InChI is InChI=1S/C27H35N5O2/c1-19-7-6-8-25(20(19)2)31-17-15-30(16-18-31)14-13-28-27(33)26-21(3)32(22(4)29-26)23-9-11-24(34-5)12-10-23/h6-12H,13-18H2,1-5H3,(H,28,33). The summed E-state index contributed by atoms with van der Waals surface area (Å²) in [5.41, 5.74) is 6.32. The maximum atomic E-state index is 12.9. The summed E-state index contributed by atoms with van der Waals surface area (Å²) in [4.78, 5) is 22.3. The molecule has 4 rings (SSSR count). The smallest absolute Gasteiger partial charge is 0.271 e. The summed E-state index contributed by atoms with van der Waals surface area (Å²) in [6.45, 7) is 13.7. The van der Waals surface area contributed by atoms with E-state index < -0.39 is 0 Å². The molecule has 0 bridgehead atoms. The molecule has 0 saturated carbocycles. The number of carbonyl (C=O) groups excluding carboxylic acids is 1. The lowest BCUT2D eigenvalue weighted by Gasteiger charge is -2.37. The zero-order valence-corrected chi connectivity index (χ0v) is 20.9. The van der Waals surface area contributed by atoms with E-state index in [0.29, 0.717) is 12.2 Å². The summed E-state index contributed by atoms with van der Waals surface area (Å²) in [7, 11) is 1.65. The number of piperazine rings is 1. The molecule has 0 atom stereocenters. The normalized spacial score (nSPS) is 14.3. The van der Waals surface area contributed by atoms with Crippen LogP contribution in [0.5, 0.6) is 5.75 Å². The summed E-state index contributed by atoms with van der Waals surface area (Å²) >= 11 is 0. The molecule has 2 aromatic carbocycles. The molecule has 1 fully saturated rings. The van der Waals surface area contributed by atoms with E-state index in [1.165, 1.54) is 16.8 Å². The fraction of sp³-hybridized carbons (Fsp3) is 0.407. The quantitative estimate of drug-likeness (QED) is 0.582. The first-order valence-corrected chi connectivity index (χ1v) is 11.9. The van der Waals surface area contributed by atoms with Crippen LogP contribution in [-0.2, 0) is 0 Å². The largest absolute Gasteiger partial charge is 0.497 e. The number of rotatable bonds is 7. The van der Waals surface area contributed by atoms with E-state index in [0.717, 1.165) is 55.7 Å². The first kappa shape index (κ1) is 23.8. The van der Waals surface area contributed by atoms with Gasteiger partial charge in [0.1, 0.15) is 17.3 Å². The van der Waals surface area contributed by atoms with Crippen LogP contribution >= 0.6 is 0 Å². The number of amides is 1. The van der Waals surface area contributed by atoms with E-state index in [2.05, 4.69) is 52.1 Å². The van der Waals surface area contributed by atoms with Crippen molar-refractivity contribution in [3.63, 3.8) is 0 Å².